The average Bonchev–Trinajstić information content (AvgIpc) is 2.77. The van der Waals surface area contributed by atoms with Gasteiger partial charge in [-0.15, -0.1) is 11.8 Å². The van der Waals surface area contributed by atoms with Gasteiger partial charge in [0.2, 0.25) is 5.91 Å². The summed E-state index contributed by atoms with van der Waals surface area (Å²) in [5, 5.41) is 13.6. The van der Waals surface area contributed by atoms with Crippen LogP contribution in [0.3, 0.4) is 0 Å². The summed E-state index contributed by atoms with van der Waals surface area (Å²) < 4.78 is 5.75. The lowest BCUT2D eigenvalue weighted by Crippen LogP contribution is -2.28. The second-order valence-electron chi connectivity index (χ2n) is 6.55. The Labute approximate surface area is 178 Å². The molecular weight excluding hydrogens is 402 g/mol. The number of nitrogens with one attached hydrogen (secondary N) is 1. The molecule has 0 bridgehead atoms. The Bertz CT molecular complexity index is 980. The van der Waals surface area contributed by atoms with Gasteiger partial charge in [0.25, 0.3) is 5.69 Å². The van der Waals surface area contributed by atoms with Crippen LogP contribution >= 0.6 is 11.8 Å². The Hall–Kier alpha value is -3.39. The summed E-state index contributed by atoms with van der Waals surface area (Å²) in [6.45, 7) is 2.36. The van der Waals surface area contributed by atoms with Gasteiger partial charge in [0.15, 0.2) is 0 Å². The molecule has 0 fully saturated rings. The molecule has 1 aromatic heterocycles. The van der Waals surface area contributed by atoms with Crippen LogP contribution in [0.5, 0.6) is 5.75 Å². The van der Waals surface area contributed by atoms with E-state index in [1.54, 1.807) is 24.5 Å². The van der Waals surface area contributed by atoms with E-state index in [9.17, 15) is 14.9 Å². The standard InChI is InChI=1S/C22H21N3O4S/c1-16(24-22(26)15-30-21-10-6-19(7-11-21)25(27)28)18-4-8-20(9-5-18)29-14-17-3-2-12-23-13-17/h2-13,16H,14-15H2,1H3,(H,24,26). The molecule has 1 N–H and O–H groups in total. The monoisotopic (exact) mass is 423 g/mol. The fourth-order valence-electron chi connectivity index (χ4n) is 2.68. The molecular formula is C22H21N3O4S. The van der Waals surface area contributed by atoms with E-state index in [2.05, 4.69) is 10.3 Å². The summed E-state index contributed by atoms with van der Waals surface area (Å²) in [6, 6.07) is 17.4. The van der Waals surface area contributed by atoms with Gasteiger partial charge in [-0.05, 0) is 42.8 Å². The minimum absolute atomic E-state index is 0.0327. The zero-order valence-electron chi connectivity index (χ0n) is 16.4. The summed E-state index contributed by atoms with van der Waals surface area (Å²) in [5.41, 5.74) is 2.00. The van der Waals surface area contributed by atoms with Gasteiger partial charge in [0.05, 0.1) is 16.7 Å². The number of ether oxygens (including phenoxy) is 1. The van der Waals surface area contributed by atoms with Crippen molar-refractivity contribution >= 4 is 23.4 Å². The fraction of sp³-hybridized carbons (Fsp3) is 0.182. The smallest absolute Gasteiger partial charge is 0.269 e. The van der Waals surface area contributed by atoms with Gasteiger partial charge < -0.3 is 10.1 Å². The normalized spacial score (nSPS) is 11.5. The van der Waals surface area contributed by atoms with Crippen molar-refractivity contribution in [3.63, 3.8) is 0 Å². The fourth-order valence-corrected chi connectivity index (χ4v) is 3.39. The first-order chi connectivity index (χ1) is 14.5. The van der Waals surface area contributed by atoms with Gasteiger partial charge in [0, 0.05) is 35.0 Å². The third-order valence-electron chi connectivity index (χ3n) is 4.30. The summed E-state index contributed by atoms with van der Waals surface area (Å²) in [7, 11) is 0. The zero-order chi connectivity index (χ0) is 21.3. The van der Waals surface area contributed by atoms with E-state index in [0.29, 0.717) is 6.61 Å². The van der Waals surface area contributed by atoms with E-state index in [1.807, 2.05) is 43.3 Å². The molecule has 2 aromatic carbocycles. The van der Waals surface area contributed by atoms with Crippen molar-refractivity contribution in [1.29, 1.82) is 0 Å². The summed E-state index contributed by atoms with van der Waals surface area (Å²) in [5.74, 6) is 0.867. The number of carbonyl (C=O) groups is 1. The lowest BCUT2D eigenvalue weighted by Gasteiger charge is -2.15. The number of carbonyl (C=O) groups excluding carboxylic acids is 1. The molecule has 30 heavy (non-hydrogen) atoms. The van der Waals surface area contributed by atoms with Crippen LogP contribution in [0.15, 0.2) is 78.0 Å². The lowest BCUT2D eigenvalue weighted by atomic mass is 10.1. The van der Waals surface area contributed by atoms with Crippen molar-refractivity contribution < 1.29 is 14.5 Å². The highest BCUT2D eigenvalue weighted by atomic mass is 32.2. The van der Waals surface area contributed by atoms with Gasteiger partial charge in [-0.1, -0.05) is 18.2 Å². The Balaban J connectivity index is 1.45. The Morgan fingerprint density at radius 3 is 2.53 bits per heavy atom. The van der Waals surface area contributed by atoms with Crippen molar-refractivity contribution in [2.75, 3.05) is 5.75 Å². The highest BCUT2D eigenvalue weighted by Crippen LogP contribution is 2.22. The van der Waals surface area contributed by atoms with Gasteiger partial charge in [-0.3, -0.25) is 19.9 Å². The van der Waals surface area contributed by atoms with Crippen LogP contribution in [0.2, 0.25) is 0 Å². The van der Waals surface area contributed by atoms with Crippen LogP contribution in [-0.2, 0) is 11.4 Å². The molecule has 0 spiro atoms. The molecule has 3 aromatic rings. The number of amides is 1. The van der Waals surface area contributed by atoms with Gasteiger partial charge in [0.1, 0.15) is 12.4 Å². The van der Waals surface area contributed by atoms with Gasteiger partial charge in [-0.25, -0.2) is 0 Å². The highest BCUT2D eigenvalue weighted by Gasteiger charge is 2.11. The molecule has 1 amide bonds. The minimum atomic E-state index is -0.446. The average molecular weight is 423 g/mol. The van der Waals surface area contributed by atoms with E-state index in [-0.39, 0.29) is 23.4 Å². The highest BCUT2D eigenvalue weighted by molar-refractivity contribution is 8.00. The number of nitrogens with zero attached hydrogens (tertiary/aromatic N) is 2. The quantitative estimate of drug-likeness (QED) is 0.308. The van der Waals surface area contributed by atoms with Crippen LogP contribution in [-0.4, -0.2) is 21.6 Å². The van der Waals surface area contributed by atoms with Gasteiger partial charge in [-0.2, -0.15) is 0 Å². The molecule has 0 saturated carbocycles. The molecule has 0 aliphatic carbocycles. The first-order valence-electron chi connectivity index (χ1n) is 9.29. The van der Waals surface area contributed by atoms with E-state index in [0.717, 1.165) is 21.8 Å². The first kappa shape index (κ1) is 21.3. The summed E-state index contributed by atoms with van der Waals surface area (Å²) >= 11 is 1.33. The first-order valence-corrected chi connectivity index (χ1v) is 10.3. The van der Waals surface area contributed by atoms with E-state index < -0.39 is 4.92 Å². The van der Waals surface area contributed by atoms with Crippen molar-refractivity contribution in [2.24, 2.45) is 0 Å². The lowest BCUT2D eigenvalue weighted by molar-refractivity contribution is -0.384. The van der Waals surface area contributed by atoms with Crippen LogP contribution in [0.4, 0.5) is 5.69 Å². The number of hydrogen-bond acceptors (Lipinski definition) is 6. The van der Waals surface area contributed by atoms with Crippen LogP contribution < -0.4 is 10.1 Å². The van der Waals surface area contributed by atoms with E-state index >= 15 is 0 Å². The molecule has 3 rings (SSSR count). The molecule has 1 atom stereocenters. The molecule has 0 radical (unpaired) electrons. The zero-order valence-corrected chi connectivity index (χ0v) is 17.2. The van der Waals surface area contributed by atoms with Gasteiger partial charge >= 0.3 is 0 Å². The van der Waals surface area contributed by atoms with Crippen molar-refractivity contribution in [3.8, 4) is 5.75 Å². The Morgan fingerprint density at radius 2 is 1.90 bits per heavy atom. The van der Waals surface area contributed by atoms with Crippen LogP contribution in [0, 0.1) is 10.1 Å². The van der Waals surface area contributed by atoms with Crippen molar-refractivity contribution in [1.82, 2.24) is 10.3 Å². The molecule has 0 aliphatic rings. The topological polar surface area (TPSA) is 94.4 Å². The number of nitro benzene ring substituents is 1. The molecule has 0 saturated heterocycles. The number of benzene rings is 2. The number of pyridine rings is 1. The maximum Gasteiger partial charge on any atom is 0.269 e. The van der Waals surface area contributed by atoms with Crippen molar-refractivity contribution in [3.05, 3.63) is 94.3 Å². The van der Waals surface area contributed by atoms with Crippen LogP contribution in [0.1, 0.15) is 24.1 Å². The molecule has 154 valence electrons. The third-order valence-corrected chi connectivity index (χ3v) is 5.32. The number of rotatable bonds is 9. The van der Waals surface area contributed by atoms with E-state index in [4.69, 9.17) is 4.74 Å². The van der Waals surface area contributed by atoms with Crippen molar-refractivity contribution in [2.45, 2.75) is 24.5 Å². The molecule has 1 unspecified atom stereocenters. The maximum absolute atomic E-state index is 12.2. The molecule has 8 heteroatoms. The second-order valence-corrected chi connectivity index (χ2v) is 7.60. The molecule has 1 heterocycles. The number of hydrogen-bond donors (Lipinski definition) is 1. The number of non-ortho nitro benzene ring substituents is 1. The summed E-state index contributed by atoms with van der Waals surface area (Å²) in [4.78, 5) is 27.3. The SMILES string of the molecule is CC(NC(=O)CSc1ccc([N+](=O)[O-])cc1)c1ccc(OCc2cccnc2)cc1. The number of thioether (sulfide) groups is 1. The Morgan fingerprint density at radius 1 is 1.17 bits per heavy atom. The minimum Gasteiger partial charge on any atom is -0.489 e. The third kappa shape index (κ3) is 6.31. The largest absolute Gasteiger partial charge is 0.489 e. The second kappa shape index (κ2) is 10.4. The van der Waals surface area contributed by atoms with E-state index in [1.165, 1.54) is 23.9 Å². The predicted octanol–water partition coefficient (Wildman–Crippen LogP) is 4.54. The molecule has 7 nitrogen and oxygen atoms in total. The maximum atomic E-state index is 12.2. The van der Waals surface area contributed by atoms with Crippen LogP contribution in [0.25, 0.3) is 0 Å². The number of nitro groups is 1. The molecule has 0 aliphatic heterocycles. The number of aromatic nitrogens is 1. The predicted molar refractivity (Wildman–Crippen MR) is 115 cm³/mol. The summed E-state index contributed by atoms with van der Waals surface area (Å²) in [6.07, 6.45) is 3.49. The Kier molecular flexibility index (Phi) is 7.40.